The van der Waals surface area contributed by atoms with E-state index in [2.05, 4.69) is 31.9 Å². The number of halogens is 2. The molecule has 7 rings (SSSR count). The van der Waals surface area contributed by atoms with Gasteiger partial charge in [-0.25, -0.2) is 14.4 Å². The van der Waals surface area contributed by atoms with Crippen molar-refractivity contribution in [2.24, 2.45) is 5.41 Å². The Hall–Kier alpha value is -4.32. The van der Waals surface area contributed by atoms with Gasteiger partial charge < -0.3 is 9.64 Å². The number of likely N-dealkylation sites (tertiary alicyclic amines) is 1. The van der Waals surface area contributed by atoms with Gasteiger partial charge in [0.25, 0.3) is 0 Å². The first-order valence-corrected chi connectivity index (χ1v) is 16.2. The Morgan fingerprint density at radius 1 is 1.07 bits per heavy atom. The molecule has 0 bridgehead atoms. The average molecular weight is 636 g/mol. The van der Waals surface area contributed by atoms with Crippen LogP contribution in [0.5, 0.6) is 11.5 Å². The minimum absolute atomic E-state index is 0.103. The molecule has 3 aromatic carbocycles. The minimum Gasteiger partial charge on any atom is -0.451 e. The van der Waals surface area contributed by atoms with E-state index in [1.54, 1.807) is 31.6 Å². The molecule has 234 valence electrons. The fraction of sp³-hybridized carbons (Fsp3) is 0.351. The van der Waals surface area contributed by atoms with Gasteiger partial charge in [-0.3, -0.25) is 9.69 Å². The summed E-state index contributed by atoms with van der Waals surface area (Å²) >= 11 is 6.50. The number of hydrogen-bond donors (Lipinski definition) is 0. The highest BCUT2D eigenvalue weighted by Gasteiger charge is 2.44. The third-order valence-electron chi connectivity index (χ3n) is 9.53. The van der Waals surface area contributed by atoms with Gasteiger partial charge in [0.2, 0.25) is 0 Å². The summed E-state index contributed by atoms with van der Waals surface area (Å²) in [5, 5.41) is 10.1. The number of nitrogens with zero attached hydrogens (tertiary/aromatic N) is 5. The number of ether oxygens (including phenoxy) is 1. The molecule has 46 heavy (non-hydrogen) atoms. The normalized spacial score (nSPS) is 19.5. The number of hydrogen-bond acceptors (Lipinski definition) is 7. The number of carbonyl (C=O) groups is 1. The molecule has 9 heteroatoms. The molecule has 3 heterocycles. The SMILES string of the molecule is CC(=O)Cc1ccc(CN2CCC3(CCN(c4ncncc4Oc4ccc(F)cc4-c4ccc(C#N)cc4C4CC4)C3)C2)cc1Cl. The molecule has 2 aliphatic heterocycles. The highest BCUT2D eigenvalue weighted by Crippen LogP contribution is 2.48. The van der Waals surface area contributed by atoms with E-state index in [1.807, 2.05) is 24.3 Å². The zero-order chi connectivity index (χ0) is 31.8. The van der Waals surface area contributed by atoms with E-state index in [1.165, 1.54) is 12.1 Å². The van der Waals surface area contributed by atoms with E-state index in [0.29, 0.717) is 40.0 Å². The Morgan fingerprint density at radius 3 is 2.70 bits per heavy atom. The maximum absolute atomic E-state index is 14.6. The van der Waals surface area contributed by atoms with Gasteiger partial charge in [-0.15, -0.1) is 0 Å². The van der Waals surface area contributed by atoms with E-state index < -0.39 is 0 Å². The summed E-state index contributed by atoms with van der Waals surface area (Å²) in [5.41, 5.74) is 5.36. The van der Waals surface area contributed by atoms with Crippen LogP contribution in [0.25, 0.3) is 11.1 Å². The van der Waals surface area contributed by atoms with Gasteiger partial charge in [0.05, 0.1) is 17.8 Å². The van der Waals surface area contributed by atoms with Crippen molar-refractivity contribution in [2.75, 3.05) is 31.1 Å². The molecular weight excluding hydrogens is 601 g/mol. The van der Waals surface area contributed by atoms with Crippen molar-refractivity contribution in [1.82, 2.24) is 14.9 Å². The number of nitriles is 1. The second-order valence-electron chi connectivity index (χ2n) is 13.1. The second kappa shape index (κ2) is 12.5. The van der Waals surface area contributed by atoms with E-state index in [4.69, 9.17) is 16.3 Å². The maximum atomic E-state index is 14.6. The topological polar surface area (TPSA) is 82.3 Å². The second-order valence-corrected chi connectivity index (χ2v) is 13.5. The van der Waals surface area contributed by atoms with Crippen molar-refractivity contribution in [2.45, 2.75) is 51.5 Å². The van der Waals surface area contributed by atoms with Crippen LogP contribution in [-0.2, 0) is 17.8 Å². The molecule has 1 aromatic heterocycles. The molecule has 4 aromatic rings. The lowest BCUT2D eigenvalue weighted by molar-refractivity contribution is -0.116. The number of ketones is 1. The number of benzene rings is 3. The van der Waals surface area contributed by atoms with Crippen LogP contribution in [0, 0.1) is 22.6 Å². The van der Waals surface area contributed by atoms with Crippen molar-refractivity contribution in [3.63, 3.8) is 0 Å². The molecule has 1 aliphatic carbocycles. The molecule has 3 aliphatic rings. The molecule has 0 amide bonds. The fourth-order valence-corrected chi connectivity index (χ4v) is 7.39. The standard InChI is InChI=1S/C37H35ClFN5O2/c1-24(45)14-28-4-2-26(16-33(28)38)20-43-12-10-37(21-43)11-13-44(22-37)36-35(19-41-23-42-36)46-34-9-7-29(39)17-32(34)30-8-3-25(18-40)15-31(30)27-5-6-27/h2-4,7-9,15-17,19,23,27H,5-6,10-14,20-22H2,1H3. The number of anilines is 1. The first kappa shape index (κ1) is 30.3. The third kappa shape index (κ3) is 6.35. The van der Waals surface area contributed by atoms with Crippen LogP contribution in [0.1, 0.15) is 60.8 Å². The van der Waals surface area contributed by atoms with Crippen LogP contribution < -0.4 is 9.64 Å². The summed E-state index contributed by atoms with van der Waals surface area (Å²) in [6, 6.07) is 18.5. The largest absolute Gasteiger partial charge is 0.451 e. The minimum atomic E-state index is -0.348. The van der Waals surface area contributed by atoms with Gasteiger partial charge in [0, 0.05) is 48.6 Å². The summed E-state index contributed by atoms with van der Waals surface area (Å²) < 4.78 is 21.2. The van der Waals surface area contributed by atoms with Crippen molar-refractivity contribution in [3.8, 4) is 28.7 Å². The summed E-state index contributed by atoms with van der Waals surface area (Å²) in [4.78, 5) is 25.3. The third-order valence-corrected chi connectivity index (χ3v) is 9.88. The average Bonchev–Trinajstić information content (AvgIpc) is 3.71. The Labute approximate surface area is 273 Å². The highest BCUT2D eigenvalue weighted by atomic mass is 35.5. The van der Waals surface area contributed by atoms with Gasteiger partial charge in [0.1, 0.15) is 23.7 Å². The summed E-state index contributed by atoms with van der Waals surface area (Å²) in [7, 11) is 0. The maximum Gasteiger partial charge on any atom is 0.188 e. The van der Waals surface area contributed by atoms with Crippen molar-refractivity contribution < 1.29 is 13.9 Å². The van der Waals surface area contributed by atoms with Crippen LogP contribution in [-0.4, -0.2) is 46.8 Å². The molecule has 0 N–H and O–H groups in total. The van der Waals surface area contributed by atoms with Crippen LogP contribution in [0.3, 0.4) is 0 Å². The molecule has 3 fully saturated rings. The quantitative estimate of drug-likeness (QED) is 0.186. The summed E-state index contributed by atoms with van der Waals surface area (Å²) in [5.74, 6) is 1.91. The van der Waals surface area contributed by atoms with Crippen LogP contribution in [0.2, 0.25) is 5.02 Å². The molecule has 1 atom stereocenters. The molecule has 7 nitrogen and oxygen atoms in total. The number of Topliss-reactive ketones (excluding diaryl/α,β-unsaturated/α-hetero) is 1. The van der Waals surface area contributed by atoms with E-state index >= 15 is 0 Å². The zero-order valence-electron chi connectivity index (χ0n) is 25.8. The molecule has 1 unspecified atom stereocenters. The summed E-state index contributed by atoms with van der Waals surface area (Å²) in [6.07, 6.45) is 7.83. The predicted octanol–water partition coefficient (Wildman–Crippen LogP) is 7.71. The van der Waals surface area contributed by atoms with Crippen LogP contribution >= 0.6 is 11.6 Å². The Kier molecular flexibility index (Phi) is 8.22. The molecule has 2 saturated heterocycles. The molecule has 1 spiro atoms. The Morgan fingerprint density at radius 2 is 1.91 bits per heavy atom. The van der Waals surface area contributed by atoms with Crippen LogP contribution in [0.4, 0.5) is 10.2 Å². The Bertz CT molecular complexity index is 1850. The first-order valence-electron chi connectivity index (χ1n) is 15.8. The monoisotopic (exact) mass is 635 g/mol. The van der Waals surface area contributed by atoms with Gasteiger partial charge in [0.15, 0.2) is 11.6 Å². The van der Waals surface area contributed by atoms with Crippen molar-refractivity contribution in [1.29, 1.82) is 5.26 Å². The number of rotatable bonds is 9. The first-order chi connectivity index (χ1) is 22.3. The number of carbonyl (C=O) groups excluding carboxylic acids is 1. The highest BCUT2D eigenvalue weighted by molar-refractivity contribution is 6.31. The lowest BCUT2D eigenvalue weighted by atomic mass is 9.86. The van der Waals surface area contributed by atoms with Crippen LogP contribution in [0.15, 0.2) is 67.1 Å². The molecule has 1 saturated carbocycles. The molecule has 0 radical (unpaired) electrons. The fourth-order valence-electron chi connectivity index (χ4n) is 7.12. The predicted molar refractivity (Wildman–Crippen MR) is 176 cm³/mol. The van der Waals surface area contributed by atoms with Gasteiger partial charge in [-0.1, -0.05) is 29.8 Å². The molecular formula is C37H35ClFN5O2. The van der Waals surface area contributed by atoms with Gasteiger partial charge >= 0.3 is 0 Å². The van der Waals surface area contributed by atoms with E-state index in [9.17, 15) is 14.4 Å². The van der Waals surface area contributed by atoms with Gasteiger partial charge in [-0.2, -0.15) is 5.26 Å². The zero-order valence-corrected chi connectivity index (χ0v) is 26.6. The van der Waals surface area contributed by atoms with Gasteiger partial charge in [-0.05, 0) is 104 Å². The van der Waals surface area contributed by atoms with E-state index in [-0.39, 0.29) is 17.0 Å². The summed E-state index contributed by atoms with van der Waals surface area (Å²) in [6.45, 7) is 6.08. The number of aromatic nitrogens is 2. The smallest absolute Gasteiger partial charge is 0.188 e. The lowest BCUT2D eigenvalue weighted by Crippen LogP contribution is -2.31. The van der Waals surface area contributed by atoms with Crippen molar-refractivity contribution in [3.05, 3.63) is 100 Å². The van der Waals surface area contributed by atoms with Crippen molar-refractivity contribution >= 4 is 23.2 Å². The lowest BCUT2D eigenvalue weighted by Gasteiger charge is -2.26. The Balaban J connectivity index is 1.08. The van der Waals surface area contributed by atoms with E-state index in [0.717, 1.165) is 86.5 Å².